The number of aromatic nitrogens is 4. The molecule has 1 saturated carbocycles. The van der Waals surface area contributed by atoms with Crippen LogP contribution in [0, 0.1) is 17.7 Å². The molecule has 3 aromatic rings. The van der Waals surface area contributed by atoms with Crippen LogP contribution < -0.4 is 19.7 Å². The zero-order valence-electron chi connectivity index (χ0n) is 23.0. The lowest BCUT2D eigenvalue weighted by atomic mass is 9.84. The van der Waals surface area contributed by atoms with E-state index in [0.29, 0.717) is 45.1 Å². The van der Waals surface area contributed by atoms with Gasteiger partial charge in [-0.1, -0.05) is 13.3 Å². The lowest BCUT2D eigenvalue weighted by Gasteiger charge is -2.46. The summed E-state index contributed by atoms with van der Waals surface area (Å²) in [5.41, 5.74) is 1.15. The van der Waals surface area contributed by atoms with Gasteiger partial charge in [0.2, 0.25) is 11.7 Å². The molecule has 4 heterocycles. The van der Waals surface area contributed by atoms with E-state index in [-0.39, 0.29) is 46.0 Å². The minimum Gasteiger partial charge on any atom is -0.489 e. The second-order valence-corrected chi connectivity index (χ2v) is 12.9. The third kappa shape index (κ3) is 5.40. The van der Waals surface area contributed by atoms with Gasteiger partial charge in [-0.2, -0.15) is 4.98 Å². The molecular weight excluding hydrogens is 551 g/mol. The van der Waals surface area contributed by atoms with Crippen molar-refractivity contribution in [2.24, 2.45) is 11.8 Å². The molecule has 218 valence electrons. The Morgan fingerprint density at radius 1 is 1.10 bits per heavy atom. The summed E-state index contributed by atoms with van der Waals surface area (Å²) in [4.78, 5) is 19.8. The van der Waals surface area contributed by atoms with Crippen LogP contribution in [0.15, 0.2) is 41.8 Å². The Hall–Kier alpha value is -3.58. The lowest BCUT2D eigenvalue weighted by Crippen LogP contribution is -2.58. The molecule has 0 radical (unpaired) electrons. The molecule has 2 bridgehead atoms. The highest BCUT2D eigenvalue weighted by Crippen LogP contribution is 2.39. The van der Waals surface area contributed by atoms with Gasteiger partial charge in [0.25, 0.3) is 5.88 Å². The van der Waals surface area contributed by atoms with Crippen molar-refractivity contribution in [2.45, 2.75) is 48.9 Å². The van der Waals surface area contributed by atoms with Gasteiger partial charge in [0, 0.05) is 37.3 Å². The van der Waals surface area contributed by atoms with E-state index in [0.717, 1.165) is 24.5 Å². The van der Waals surface area contributed by atoms with E-state index >= 15 is 4.39 Å². The number of piperidine rings is 1. The smallest absolute Gasteiger partial charge is 0.262 e. The third-order valence-corrected chi connectivity index (χ3v) is 10.4. The molecule has 11 nitrogen and oxygen atoms in total. The minimum absolute atomic E-state index is 0.0178. The van der Waals surface area contributed by atoms with Gasteiger partial charge in [-0.3, -0.25) is 0 Å². The second-order valence-electron chi connectivity index (χ2n) is 10.7. The first-order valence-corrected chi connectivity index (χ1v) is 15.4. The van der Waals surface area contributed by atoms with Gasteiger partial charge in [0.1, 0.15) is 18.2 Å². The fraction of sp³-hybridized carbons (Fsp3) is 0.500. The number of fused-ring (bicyclic) bond motifs is 2. The summed E-state index contributed by atoms with van der Waals surface area (Å²) >= 11 is 0. The quantitative estimate of drug-likeness (QED) is 0.396. The highest BCUT2D eigenvalue weighted by Gasteiger charge is 2.43. The number of aryl methyl sites for hydroxylation is 1. The minimum atomic E-state index is -3.54. The molecule has 0 amide bonds. The second kappa shape index (κ2) is 11.4. The molecule has 13 heteroatoms. The average molecular weight is 585 g/mol. The van der Waals surface area contributed by atoms with Crippen molar-refractivity contribution in [3.63, 3.8) is 0 Å². The molecule has 41 heavy (non-hydrogen) atoms. The van der Waals surface area contributed by atoms with Crippen molar-refractivity contribution in [2.75, 3.05) is 43.6 Å². The van der Waals surface area contributed by atoms with Gasteiger partial charge >= 0.3 is 0 Å². The maximum absolute atomic E-state index is 15.1. The Kier molecular flexibility index (Phi) is 7.64. The molecular formula is C28H33FN6O5S. The Bertz CT molecular complexity index is 1490. The van der Waals surface area contributed by atoms with Crippen LogP contribution in [0.4, 0.5) is 21.8 Å². The summed E-state index contributed by atoms with van der Waals surface area (Å²) in [5, 5.41) is 2.48. The number of hydrogen-bond acceptors (Lipinski definition) is 11. The number of nitrogens with one attached hydrogen (secondary N) is 1. The average Bonchev–Trinajstić information content (AvgIpc) is 2.93. The molecule has 1 aromatic carbocycles. The normalized spacial score (nSPS) is 22.6. The molecule has 2 atom stereocenters. The largest absolute Gasteiger partial charge is 0.489 e. The van der Waals surface area contributed by atoms with Gasteiger partial charge in [0.15, 0.2) is 15.7 Å². The number of hydrogen-bond donors (Lipinski definition) is 1. The number of rotatable bonds is 9. The summed E-state index contributed by atoms with van der Waals surface area (Å²) in [6.07, 6.45) is 7.82. The maximum Gasteiger partial charge on any atom is 0.262 e. The Morgan fingerprint density at radius 3 is 2.44 bits per heavy atom. The molecule has 2 saturated heterocycles. The topological polar surface area (TPSA) is 129 Å². The summed E-state index contributed by atoms with van der Waals surface area (Å²) in [5.74, 6) is 0.714. The summed E-state index contributed by atoms with van der Waals surface area (Å²) in [6, 6.07) is 3.86. The number of methoxy groups -OCH3 is 1. The van der Waals surface area contributed by atoms with Crippen LogP contribution >= 0.6 is 0 Å². The molecule has 2 unspecified atom stereocenters. The van der Waals surface area contributed by atoms with E-state index in [1.54, 1.807) is 0 Å². The predicted molar refractivity (Wildman–Crippen MR) is 149 cm³/mol. The number of ether oxygens (including phenoxy) is 3. The number of nitrogens with zero attached hydrogens (tertiary/aromatic N) is 5. The first-order chi connectivity index (χ1) is 19.9. The first-order valence-electron chi connectivity index (χ1n) is 13.9. The lowest BCUT2D eigenvalue weighted by molar-refractivity contribution is -0.0776. The monoisotopic (exact) mass is 584 g/mol. The van der Waals surface area contributed by atoms with E-state index in [1.807, 2.05) is 12.4 Å². The van der Waals surface area contributed by atoms with Crippen LogP contribution in [0.25, 0.3) is 0 Å². The van der Waals surface area contributed by atoms with E-state index in [2.05, 4.69) is 37.1 Å². The van der Waals surface area contributed by atoms with E-state index < -0.39 is 20.9 Å². The van der Waals surface area contributed by atoms with Crippen molar-refractivity contribution in [3.05, 3.63) is 48.3 Å². The Labute approximate surface area is 238 Å². The van der Waals surface area contributed by atoms with Crippen LogP contribution in [-0.2, 0) is 21.0 Å². The number of halogens is 1. The molecule has 3 fully saturated rings. The van der Waals surface area contributed by atoms with Gasteiger partial charge < -0.3 is 24.4 Å². The molecule has 1 N–H and O–H groups in total. The molecule has 6 rings (SSSR count). The van der Waals surface area contributed by atoms with Gasteiger partial charge in [-0.25, -0.2) is 27.8 Å². The molecule has 1 aliphatic carbocycles. The van der Waals surface area contributed by atoms with Gasteiger partial charge in [-0.15, -0.1) is 0 Å². The highest BCUT2D eigenvalue weighted by molar-refractivity contribution is 7.92. The maximum atomic E-state index is 15.1. The SMILES string of the molecule is CCc1cnc(N2CC3COCC(C2)C3Oc2ncnc(Nc3ccc(S(=O)(=O)C4CCC4)cc3F)c2OC)nc1. The first kappa shape index (κ1) is 27.6. The van der Waals surface area contributed by atoms with Crippen molar-refractivity contribution in [3.8, 4) is 11.6 Å². The van der Waals surface area contributed by atoms with Gasteiger partial charge in [-0.05, 0) is 43.0 Å². The van der Waals surface area contributed by atoms with Crippen LogP contribution in [0.2, 0.25) is 0 Å². The number of sulfone groups is 1. The summed E-state index contributed by atoms with van der Waals surface area (Å²) < 4.78 is 58.4. The fourth-order valence-electron chi connectivity index (χ4n) is 5.57. The summed E-state index contributed by atoms with van der Waals surface area (Å²) in [6.45, 7) is 4.43. The Morgan fingerprint density at radius 2 is 1.83 bits per heavy atom. The van der Waals surface area contributed by atoms with Crippen molar-refractivity contribution < 1.29 is 27.0 Å². The van der Waals surface area contributed by atoms with E-state index in [4.69, 9.17) is 14.2 Å². The molecule has 0 spiro atoms. The number of anilines is 3. The van der Waals surface area contributed by atoms with Gasteiger partial charge in [0.05, 0.1) is 36.2 Å². The zero-order valence-corrected chi connectivity index (χ0v) is 23.8. The van der Waals surface area contributed by atoms with Crippen LogP contribution in [0.3, 0.4) is 0 Å². The fourth-order valence-corrected chi connectivity index (χ4v) is 7.43. The van der Waals surface area contributed by atoms with E-state index in [9.17, 15) is 8.42 Å². The molecule has 3 aliphatic rings. The van der Waals surface area contributed by atoms with E-state index in [1.165, 1.54) is 25.6 Å². The van der Waals surface area contributed by atoms with Crippen LogP contribution in [-0.4, -0.2) is 73.1 Å². The molecule has 2 aliphatic heterocycles. The van der Waals surface area contributed by atoms with Crippen molar-refractivity contribution in [1.29, 1.82) is 0 Å². The third-order valence-electron chi connectivity index (χ3n) is 8.12. The standard InChI is InChI=1S/C28H33FN6O5S/c1-3-17-10-30-28(31-11-17)35-12-18-14-39-15-19(13-35)24(18)40-27-25(38-2)26(32-16-33-27)34-23-8-7-21(9-22(23)29)41(36,37)20-5-4-6-20/h7-11,16,18-20,24H,3-6,12-15H2,1-2H3,(H,32,33,34). The Balaban J connectivity index is 1.19. The van der Waals surface area contributed by atoms with Crippen molar-refractivity contribution in [1.82, 2.24) is 19.9 Å². The number of benzene rings is 1. The van der Waals surface area contributed by atoms with Crippen LogP contribution in [0.1, 0.15) is 31.7 Å². The van der Waals surface area contributed by atoms with Crippen molar-refractivity contribution >= 4 is 27.3 Å². The van der Waals surface area contributed by atoms with Crippen LogP contribution in [0.5, 0.6) is 11.6 Å². The zero-order chi connectivity index (χ0) is 28.6. The predicted octanol–water partition coefficient (Wildman–Crippen LogP) is 3.58. The highest BCUT2D eigenvalue weighted by atomic mass is 32.2. The summed E-state index contributed by atoms with van der Waals surface area (Å²) in [7, 11) is -2.08. The molecule has 2 aromatic heterocycles.